The van der Waals surface area contributed by atoms with Crippen molar-refractivity contribution in [3.63, 3.8) is 0 Å². The zero-order valence-electron chi connectivity index (χ0n) is 53.5. The maximum atomic E-state index is 5.25. The molecule has 8 heterocycles. The van der Waals surface area contributed by atoms with Crippen molar-refractivity contribution in [3.05, 3.63) is 328 Å². The summed E-state index contributed by atoms with van der Waals surface area (Å²) >= 11 is 3.69. The average molecular weight is 1320 g/mol. The molecule has 10 nitrogen and oxygen atoms in total. The van der Waals surface area contributed by atoms with E-state index in [0.29, 0.717) is 46.3 Å². The van der Waals surface area contributed by atoms with E-state index < -0.39 is 0 Å². The Labute approximate surface area is 581 Å². The van der Waals surface area contributed by atoms with Crippen molar-refractivity contribution in [1.29, 1.82) is 0 Å². The molecule has 0 aliphatic rings. The van der Waals surface area contributed by atoms with Gasteiger partial charge in [0.05, 0.1) is 22.1 Å². The fourth-order valence-electron chi connectivity index (χ4n) is 14.0. The molecule has 0 saturated carbocycles. The van der Waals surface area contributed by atoms with E-state index in [9.17, 15) is 0 Å². The van der Waals surface area contributed by atoms with Crippen LogP contribution in [0.1, 0.15) is 0 Å². The molecule has 100 heavy (non-hydrogen) atoms. The Kier molecular flexibility index (Phi) is 14.3. The van der Waals surface area contributed by atoms with E-state index in [4.69, 9.17) is 39.9 Å². The van der Waals surface area contributed by atoms with E-state index in [0.717, 1.165) is 55.8 Å². The normalized spacial score (nSPS) is 11.6. The van der Waals surface area contributed by atoms with Crippen LogP contribution in [-0.2, 0) is 0 Å². The Morgan fingerprint density at radius 2 is 0.610 bits per heavy atom. The van der Waals surface area contributed by atoms with E-state index in [1.165, 1.54) is 84.1 Å². The summed E-state index contributed by atoms with van der Waals surface area (Å²) in [6.07, 6.45) is 1.85. The number of nitrogens with zero attached hydrogens (tertiary/aromatic N) is 10. The SMILES string of the molecule is c1ccc(-c2nc(-c3ccccc3)nc(-c3cc(-n4c5ccccc5c5ccc(-c6cccc7sc8ccccc8c67)cc54)ccn3)n2)cc1.c1ccc(-c2nc(-c3ccccc3)nc(-c3cccc(-n4c5ccccc5c5ccc(-c6cccc7sc8ccccc8c67)cc54)n3)n2)cc1. The zero-order valence-corrected chi connectivity index (χ0v) is 55.1. The van der Waals surface area contributed by atoms with Gasteiger partial charge in [-0.1, -0.05) is 249 Å². The van der Waals surface area contributed by atoms with Gasteiger partial charge in [-0.05, 0) is 95.1 Å². The van der Waals surface area contributed by atoms with Gasteiger partial charge in [0, 0.05) is 96.0 Å². The summed E-state index contributed by atoms with van der Waals surface area (Å²) < 4.78 is 9.80. The lowest BCUT2D eigenvalue weighted by Gasteiger charge is -2.12. The van der Waals surface area contributed by atoms with E-state index >= 15 is 0 Å². The van der Waals surface area contributed by atoms with Crippen molar-refractivity contribution in [2.24, 2.45) is 0 Å². The van der Waals surface area contributed by atoms with Crippen molar-refractivity contribution >= 4 is 107 Å². The molecule has 0 radical (unpaired) electrons. The van der Waals surface area contributed by atoms with E-state index in [1.807, 2.05) is 162 Å². The summed E-state index contributed by atoms with van der Waals surface area (Å²) in [5.74, 6) is 4.29. The molecule has 0 aliphatic heterocycles. The molecule has 0 saturated heterocycles. The quantitative estimate of drug-likeness (QED) is 0.133. The number of aromatic nitrogens is 10. The van der Waals surface area contributed by atoms with Gasteiger partial charge in [-0.25, -0.2) is 34.9 Å². The largest absolute Gasteiger partial charge is 0.309 e. The topological polar surface area (TPSA) is 113 Å². The summed E-state index contributed by atoms with van der Waals surface area (Å²) in [6.45, 7) is 0. The summed E-state index contributed by atoms with van der Waals surface area (Å²) in [5, 5.41) is 9.94. The molecule has 0 N–H and O–H groups in total. The second-order valence-electron chi connectivity index (χ2n) is 24.6. The van der Waals surface area contributed by atoms with Crippen molar-refractivity contribution in [2.75, 3.05) is 0 Å². The van der Waals surface area contributed by atoms with Crippen LogP contribution >= 0.6 is 22.7 Å². The molecular formula is C88H54N10S2. The molecule has 12 aromatic carbocycles. The highest BCUT2D eigenvalue weighted by Crippen LogP contribution is 2.45. The molecule has 0 bridgehead atoms. The minimum Gasteiger partial charge on any atom is -0.309 e. The fraction of sp³-hybridized carbons (Fsp3) is 0. The molecular weight excluding hydrogens is 1260 g/mol. The molecule has 12 heteroatoms. The van der Waals surface area contributed by atoms with E-state index in [-0.39, 0.29) is 0 Å². The molecule has 0 amide bonds. The second-order valence-corrected chi connectivity index (χ2v) is 26.7. The van der Waals surface area contributed by atoms with Crippen LogP contribution in [0.25, 0.3) is 186 Å². The number of para-hydroxylation sites is 2. The highest BCUT2D eigenvalue weighted by Gasteiger charge is 2.22. The smallest absolute Gasteiger partial charge is 0.182 e. The van der Waals surface area contributed by atoms with Crippen molar-refractivity contribution < 1.29 is 0 Å². The first kappa shape index (κ1) is 58.4. The summed E-state index contributed by atoms with van der Waals surface area (Å²) in [5.41, 5.74) is 15.3. The fourth-order valence-corrected chi connectivity index (χ4v) is 16.3. The number of fused-ring (bicyclic) bond motifs is 12. The third kappa shape index (κ3) is 10.3. The van der Waals surface area contributed by atoms with Gasteiger partial charge in [0.15, 0.2) is 34.9 Å². The van der Waals surface area contributed by atoms with Gasteiger partial charge in [-0.3, -0.25) is 9.55 Å². The Morgan fingerprint density at radius 1 is 0.230 bits per heavy atom. The van der Waals surface area contributed by atoms with Crippen LogP contribution in [0, 0.1) is 0 Å². The minimum atomic E-state index is 0.525. The Morgan fingerprint density at radius 3 is 1.10 bits per heavy atom. The Hall–Kier alpha value is -13.0. The first-order valence-electron chi connectivity index (χ1n) is 33.1. The van der Waals surface area contributed by atoms with Crippen LogP contribution in [0.2, 0.25) is 0 Å². The van der Waals surface area contributed by atoms with Crippen molar-refractivity contribution in [2.45, 2.75) is 0 Å². The lowest BCUT2D eigenvalue weighted by molar-refractivity contribution is 1.03. The lowest BCUT2D eigenvalue weighted by Crippen LogP contribution is -2.03. The highest BCUT2D eigenvalue weighted by molar-refractivity contribution is 7.26. The first-order chi connectivity index (χ1) is 49.6. The average Bonchev–Trinajstić information content (AvgIpc) is 1.58. The van der Waals surface area contributed by atoms with Crippen LogP contribution in [0.15, 0.2) is 328 Å². The maximum Gasteiger partial charge on any atom is 0.182 e. The molecule has 20 aromatic rings. The molecule has 8 aromatic heterocycles. The number of hydrogen-bond donors (Lipinski definition) is 0. The third-order valence-electron chi connectivity index (χ3n) is 18.6. The monoisotopic (exact) mass is 1310 g/mol. The summed E-state index contributed by atoms with van der Waals surface area (Å²) in [7, 11) is 0. The number of thiophene rings is 2. The molecule has 468 valence electrons. The molecule has 0 atom stereocenters. The van der Waals surface area contributed by atoms with Gasteiger partial charge < -0.3 is 4.57 Å². The standard InChI is InChI=1S/2C44H27N5S/c1-3-13-28(14-4-1)42-46-43(29-15-5-2-6-16-29)48-44(47-42)35-20-12-24-40(45-35)49-36-21-9-7-17-32(36)33-26-25-30(27-37(33)49)31-19-11-23-39-41(31)34-18-8-10-22-38(34)50-39;1-3-12-28(13-4-1)42-46-43(29-14-5-2-6-15-29)48-44(47-42)36-27-31(24-25-45-36)49-37-19-9-7-16-33(37)34-23-22-30(26-38(34)49)32-18-11-21-40-41(32)35-17-8-10-20-39(35)50-40/h2*1-27H. The van der Waals surface area contributed by atoms with Gasteiger partial charge in [-0.2, -0.15) is 0 Å². The predicted octanol–water partition coefficient (Wildman–Crippen LogP) is 22.8. The number of hydrogen-bond acceptors (Lipinski definition) is 10. The maximum absolute atomic E-state index is 5.25. The second kappa shape index (κ2) is 24.6. The van der Waals surface area contributed by atoms with Gasteiger partial charge >= 0.3 is 0 Å². The molecule has 0 fully saturated rings. The molecule has 0 unspecified atom stereocenters. The van der Waals surface area contributed by atoms with Gasteiger partial charge in [-0.15, -0.1) is 22.7 Å². The summed E-state index contributed by atoms with van der Waals surface area (Å²) in [6, 6.07) is 112. The lowest BCUT2D eigenvalue weighted by atomic mass is 9.98. The van der Waals surface area contributed by atoms with E-state index in [1.54, 1.807) is 0 Å². The van der Waals surface area contributed by atoms with Crippen LogP contribution in [0.3, 0.4) is 0 Å². The molecule has 0 spiro atoms. The van der Waals surface area contributed by atoms with Crippen molar-refractivity contribution in [3.8, 4) is 102 Å². The highest BCUT2D eigenvalue weighted by atomic mass is 32.1. The summed E-state index contributed by atoms with van der Waals surface area (Å²) in [4.78, 5) is 39.6. The number of rotatable bonds is 10. The molecule has 0 aliphatic carbocycles. The minimum absolute atomic E-state index is 0.525. The predicted molar refractivity (Wildman–Crippen MR) is 413 cm³/mol. The van der Waals surface area contributed by atoms with Crippen molar-refractivity contribution in [1.82, 2.24) is 49.0 Å². The van der Waals surface area contributed by atoms with Crippen LogP contribution in [0.4, 0.5) is 0 Å². The van der Waals surface area contributed by atoms with Crippen LogP contribution in [-0.4, -0.2) is 49.0 Å². The zero-order chi connectivity index (χ0) is 66.0. The van der Waals surface area contributed by atoms with Crippen LogP contribution < -0.4 is 0 Å². The third-order valence-corrected chi connectivity index (χ3v) is 20.9. The number of benzene rings is 12. The Balaban J connectivity index is 0.000000139. The molecule has 20 rings (SSSR count). The van der Waals surface area contributed by atoms with Gasteiger partial charge in [0.1, 0.15) is 17.2 Å². The van der Waals surface area contributed by atoms with Gasteiger partial charge in [0.2, 0.25) is 0 Å². The first-order valence-corrected chi connectivity index (χ1v) is 34.8. The van der Waals surface area contributed by atoms with Gasteiger partial charge in [0.25, 0.3) is 0 Å². The van der Waals surface area contributed by atoms with E-state index in [2.05, 4.69) is 197 Å². The van der Waals surface area contributed by atoms with Crippen LogP contribution in [0.5, 0.6) is 0 Å². The Bertz CT molecular complexity index is 6030. The number of pyridine rings is 2.